The zero-order valence-electron chi connectivity index (χ0n) is 17.7. The van der Waals surface area contributed by atoms with Gasteiger partial charge in [0.05, 0.1) is 11.1 Å². The summed E-state index contributed by atoms with van der Waals surface area (Å²) in [5.74, 6) is 1.45. The van der Waals surface area contributed by atoms with Crippen LogP contribution in [-0.2, 0) is 6.42 Å². The molecule has 1 atom stereocenters. The van der Waals surface area contributed by atoms with E-state index in [9.17, 15) is 4.79 Å². The van der Waals surface area contributed by atoms with Crippen molar-refractivity contribution < 1.29 is 0 Å². The van der Waals surface area contributed by atoms with E-state index in [-0.39, 0.29) is 5.56 Å². The number of fused-ring (bicyclic) bond motifs is 3. The highest BCUT2D eigenvalue weighted by atomic mass is 32.2. The fraction of sp³-hybridized carbons (Fsp3) is 0.500. The Morgan fingerprint density at radius 2 is 2.00 bits per heavy atom. The quantitative estimate of drug-likeness (QED) is 0.235. The van der Waals surface area contributed by atoms with E-state index in [1.807, 2.05) is 16.7 Å². The van der Waals surface area contributed by atoms with Crippen LogP contribution in [0.5, 0.6) is 0 Å². The third-order valence-corrected chi connectivity index (χ3v) is 8.05. The minimum Gasteiger partial charge on any atom is -0.268 e. The number of thiophene rings is 1. The van der Waals surface area contributed by atoms with Gasteiger partial charge in [-0.05, 0) is 56.2 Å². The summed E-state index contributed by atoms with van der Waals surface area (Å²) >= 11 is 3.48. The zero-order valence-corrected chi connectivity index (χ0v) is 19.3. The van der Waals surface area contributed by atoms with Crippen molar-refractivity contribution in [2.45, 2.75) is 76.8 Å². The first kappa shape index (κ1) is 20.7. The van der Waals surface area contributed by atoms with Crippen molar-refractivity contribution in [3.8, 4) is 5.69 Å². The molecule has 0 fully saturated rings. The Morgan fingerprint density at radius 3 is 2.76 bits per heavy atom. The highest BCUT2D eigenvalue weighted by Crippen LogP contribution is 2.41. The van der Waals surface area contributed by atoms with Crippen LogP contribution in [0.15, 0.2) is 34.2 Å². The molecule has 0 saturated heterocycles. The summed E-state index contributed by atoms with van der Waals surface area (Å²) in [7, 11) is 0. The van der Waals surface area contributed by atoms with Crippen LogP contribution in [0.1, 0.15) is 74.3 Å². The summed E-state index contributed by atoms with van der Waals surface area (Å²) in [6.07, 6.45) is 8.38. The lowest BCUT2D eigenvalue weighted by Crippen LogP contribution is -2.22. The summed E-state index contributed by atoms with van der Waals surface area (Å²) in [6.45, 7) is 6.57. The van der Waals surface area contributed by atoms with Gasteiger partial charge in [0.1, 0.15) is 4.83 Å². The van der Waals surface area contributed by atoms with E-state index in [2.05, 4.69) is 32.9 Å². The van der Waals surface area contributed by atoms with Gasteiger partial charge in [-0.25, -0.2) is 4.98 Å². The first-order valence-electron chi connectivity index (χ1n) is 10.9. The third kappa shape index (κ3) is 4.17. The number of benzene rings is 1. The van der Waals surface area contributed by atoms with Crippen LogP contribution in [0.2, 0.25) is 0 Å². The first-order valence-corrected chi connectivity index (χ1v) is 12.7. The second-order valence-corrected chi connectivity index (χ2v) is 10.3. The van der Waals surface area contributed by atoms with Crippen LogP contribution < -0.4 is 5.56 Å². The molecule has 1 aromatic carbocycles. The van der Waals surface area contributed by atoms with E-state index in [0.717, 1.165) is 46.1 Å². The number of aromatic nitrogens is 2. The molecule has 1 aliphatic rings. The molecule has 0 saturated carbocycles. The largest absolute Gasteiger partial charge is 0.268 e. The average molecular weight is 427 g/mol. The summed E-state index contributed by atoms with van der Waals surface area (Å²) in [5, 5.41) is 1.71. The normalized spacial score (nSPS) is 16.3. The predicted octanol–water partition coefficient (Wildman–Crippen LogP) is 6.87. The van der Waals surface area contributed by atoms with Crippen molar-refractivity contribution >= 4 is 33.3 Å². The van der Waals surface area contributed by atoms with Gasteiger partial charge in [-0.15, -0.1) is 11.3 Å². The maximum absolute atomic E-state index is 13.8. The second kappa shape index (κ2) is 9.05. The molecule has 5 heteroatoms. The number of thioether (sulfide) groups is 1. The smallest absolute Gasteiger partial charge is 0.267 e. The monoisotopic (exact) mass is 426 g/mol. The number of hydrogen-bond acceptors (Lipinski definition) is 4. The minimum atomic E-state index is 0.112. The third-order valence-electron chi connectivity index (χ3n) is 5.86. The van der Waals surface area contributed by atoms with E-state index in [4.69, 9.17) is 4.98 Å². The van der Waals surface area contributed by atoms with Gasteiger partial charge in [0.25, 0.3) is 5.56 Å². The molecule has 29 heavy (non-hydrogen) atoms. The molecule has 4 rings (SSSR count). The second-order valence-electron chi connectivity index (χ2n) is 8.19. The van der Waals surface area contributed by atoms with Gasteiger partial charge >= 0.3 is 0 Å². The van der Waals surface area contributed by atoms with Gasteiger partial charge in [-0.2, -0.15) is 0 Å². The lowest BCUT2D eigenvalue weighted by Gasteiger charge is -2.19. The van der Waals surface area contributed by atoms with Gasteiger partial charge in [-0.1, -0.05) is 62.6 Å². The molecule has 2 aromatic heterocycles. The molecule has 1 unspecified atom stereocenters. The Hall–Kier alpha value is -1.59. The van der Waals surface area contributed by atoms with Gasteiger partial charge in [0.2, 0.25) is 0 Å². The SMILES string of the molecule is CCCCCCSc1nc2sc3c(c2c(=O)n1-c1ccc(C)cc1)C(C)CCC3. The van der Waals surface area contributed by atoms with Gasteiger partial charge in [0.15, 0.2) is 5.16 Å². The van der Waals surface area contributed by atoms with E-state index in [0.29, 0.717) is 5.92 Å². The molecule has 0 amide bonds. The average Bonchev–Trinajstić information content (AvgIpc) is 3.09. The summed E-state index contributed by atoms with van der Waals surface area (Å²) < 4.78 is 1.86. The zero-order chi connectivity index (χ0) is 20.4. The molecular formula is C24H30N2OS2. The maximum Gasteiger partial charge on any atom is 0.267 e. The van der Waals surface area contributed by atoms with Crippen molar-refractivity contribution in [3.05, 3.63) is 50.6 Å². The van der Waals surface area contributed by atoms with Crippen molar-refractivity contribution in [1.82, 2.24) is 9.55 Å². The number of rotatable bonds is 7. The number of unbranched alkanes of at least 4 members (excludes halogenated alkanes) is 3. The van der Waals surface area contributed by atoms with E-state index in [1.54, 1.807) is 23.1 Å². The van der Waals surface area contributed by atoms with Crippen LogP contribution in [-0.4, -0.2) is 15.3 Å². The molecule has 0 aliphatic heterocycles. The van der Waals surface area contributed by atoms with Gasteiger partial charge < -0.3 is 0 Å². The number of aryl methyl sites for hydroxylation is 2. The van der Waals surface area contributed by atoms with Crippen LogP contribution in [0.4, 0.5) is 0 Å². The molecule has 0 spiro atoms. The topological polar surface area (TPSA) is 34.9 Å². The van der Waals surface area contributed by atoms with Crippen molar-refractivity contribution in [1.29, 1.82) is 0 Å². The Labute approximate surface area is 181 Å². The van der Waals surface area contributed by atoms with Crippen LogP contribution >= 0.6 is 23.1 Å². The fourth-order valence-electron chi connectivity index (χ4n) is 4.23. The van der Waals surface area contributed by atoms with Crippen LogP contribution in [0, 0.1) is 6.92 Å². The number of hydrogen-bond donors (Lipinski definition) is 0. The Bertz CT molecular complexity index is 1050. The molecule has 2 heterocycles. The summed E-state index contributed by atoms with van der Waals surface area (Å²) in [5.41, 5.74) is 3.51. The molecule has 3 aromatic rings. The van der Waals surface area contributed by atoms with E-state index >= 15 is 0 Å². The Balaban J connectivity index is 1.82. The fourth-order valence-corrected chi connectivity index (χ4v) is 6.62. The maximum atomic E-state index is 13.8. The van der Waals surface area contributed by atoms with Gasteiger partial charge in [0, 0.05) is 10.6 Å². The Morgan fingerprint density at radius 1 is 1.21 bits per heavy atom. The van der Waals surface area contributed by atoms with Crippen molar-refractivity contribution in [3.63, 3.8) is 0 Å². The molecule has 0 bridgehead atoms. The summed E-state index contributed by atoms with van der Waals surface area (Å²) in [4.78, 5) is 21.1. The van der Waals surface area contributed by atoms with Crippen molar-refractivity contribution in [2.75, 3.05) is 5.75 Å². The first-order chi connectivity index (χ1) is 14.1. The van der Waals surface area contributed by atoms with Crippen molar-refractivity contribution in [2.24, 2.45) is 0 Å². The lowest BCUT2D eigenvalue weighted by molar-refractivity contribution is 0.601. The highest BCUT2D eigenvalue weighted by Gasteiger charge is 2.26. The molecule has 0 N–H and O–H groups in total. The Kier molecular flexibility index (Phi) is 6.45. The molecule has 1 aliphatic carbocycles. The minimum absolute atomic E-state index is 0.112. The van der Waals surface area contributed by atoms with E-state index in [1.165, 1.54) is 41.7 Å². The predicted molar refractivity (Wildman–Crippen MR) is 126 cm³/mol. The van der Waals surface area contributed by atoms with Crippen LogP contribution in [0.25, 0.3) is 15.9 Å². The summed E-state index contributed by atoms with van der Waals surface area (Å²) in [6, 6.07) is 8.25. The molecule has 0 radical (unpaired) electrons. The number of nitrogens with zero attached hydrogens (tertiary/aromatic N) is 2. The van der Waals surface area contributed by atoms with Gasteiger partial charge in [-0.3, -0.25) is 9.36 Å². The van der Waals surface area contributed by atoms with Crippen LogP contribution in [0.3, 0.4) is 0 Å². The lowest BCUT2D eigenvalue weighted by atomic mass is 9.88. The molecular weight excluding hydrogens is 396 g/mol. The standard InChI is InChI=1S/C24H30N2OS2/c1-4-5-6-7-15-28-24-25-22-21(20-17(3)9-8-10-19(20)29-22)23(27)26(24)18-13-11-16(2)12-14-18/h11-14,17H,4-10,15H2,1-3H3. The highest BCUT2D eigenvalue weighted by molar-refractivity contribution is 7.99. The molecule has 3 nitrogen and oxygen atoms in total. The molecule has 154 valence electrons. The van der Waals surface area contributed by atoms with E-state index < -0.39 is 0 Å².